The highest BCUT2D eigenvalue weighted by atomic mass is 16.3. The Morgan fingerprint density at radius 1 is 1.19 bits per heavy atom. The fourth-order valence-electron chi connectivity index (χ4n) is 2.46. The molecule has 0 radical (unpaired) electrons. The van der Waals surface area contributed by atoms with E-state index in [4.69, 9.17) is 0 Å². The molecule has 0 heterocycles. The summed E-state index contributed by atoms with van der Waals surface area (Å²) in [6.07, 6.45) is 6.49. The van der Waals surface area contributed by atoms with Gasteiger partial charge in [0.05, 0.1) is 0 Å². The molecule has 16 heavy (non-hydrogen) atoms. The Hall–Kier alpha value is -1.18. The van der Waals surface area contributed by atoms with Crippen molar-refractivity contribution < 1.29 is 5.11 Å². The zero-order valence-electron chi connectivity index (χ0n) is 9.95. The monoisotopic (exact) mass is 219 g/mol. The number of benzene rings is 1. The second kappa shape index (κ2) is 5.24. The second-order valence-electron chi connectivity index (χ2n) is 5.01. The number of phenols is 1. The summed E-state index contributed by atoms with van der Waals surface area (Å²) in [7, 11) is 0. The average Bonchev–Trinajstić information content (AvgIpc) is 2.44. The van der Waals surface area contributed by atoms with Crippen molar-refractivity contribution in [1.82, 2.24) is 0 Å². The van der Waals surface area contributed by atoms with Crippen molar-refractivity contribution >= 4 is 5.69 Å². The summed E-state index contributed by atoms with van der Waals surface area (Å²) in [5, 5.41) is 12.9. The summed E-state index contributed by atoms with van der Waals surface area (Å²) in [5.41, 5.74) is 1.04. The molecule has 2 nitrogen and oxygen atoms in total. The predicted molar refractivity (Wildman–Crippen MR) is 67.8 cm³/mol. The third kappa shape index (κ3) is 3.16. The van der Waals surface area contributed by atoms with Crippen LogP contribution in [0.15, 0.2) is 24.3 Å². The standard InChI is InChI=1S/C14H21NO/c1-11-4-2-5-12(9-8-11)15-13-6-3-7-14(16)10-13/h3,6-7,10-12,15-16H,2,4-5,8-9H2,1H3. The van der Waals surface area contributed by atoms with Gasteiger partial charge in [0.25, 0.3) is 0 Å². The van der Waals surface area contributed by atoms with Gasteiger partial charge < -0.3 is 10.4 Å². The molecule has 1 aromatic carbocycles. The quantitative estimate of drug-likeness (QED) is 0.742. The van der Waals surface area contributed by atoms with Crippen molar-refractivity contribution in [2.24, 2.45) is 5.92 Å². The van der Waals surface area contributed by atoms with Crippen LogP contribution in [0, 0.1) is 5.92 Å². The van der Waals surface area contributed by atoms with Crippen LogP contribution in [0.2, 0.25) is 0 Å². The molecule has 2 atom stereocenters. The van der Waals surface area contributed by atoms with Gasteiger partial charge in [-0.3, -0.25) is 0 Å². The molecule has 1 aliphatic rings. The third-order valence-corrected chi connectivity index (χ3v) is 3.47. The average molecular weight is 219 g/mol. The summed E-state index contributed by atoms with van der Waals surface area (Å²) < 4.78 is 0. The Kier molecular flexibility index (Phi) is 3.70. The molecule has 1 fully saturated rings. The van der Waals surface area contributed by atoms with Crippen LogP contribution in [0.5, 0.6) is 5.75 Å². The molecule has 1 aliphatic carbocycles. The highest BCUT2D eigenvalue weighted by molar-refractivity contribution is 5.48. The van der Waals surface area contributed by atoms with E-state index in [1.807, 2.05) is 12.1 Å². The lowest BCUT2D eigenvalue weighted by Gasteiger charge is -2.17. The van der Waals surface area contributed by atoms with E-state index >= 15 is 0 Å². The maximum atomic E-state index is 9.40. The zero-order valence-corrected chi connectivity index (χ0v) is 9.95. The van der Waals surface area contributed by atoms with Gasteiger partial charge in [0.1, 0.15) is 5.75 Å². The normalized spacial score (nSPS) is 26.1. The minimum Gasteiger partial charge on any atom is -0.508 e. The lowest BCUT2D eigenvalue weighted by molar-refractivity contribution is 0.475. The van der Waals surface area contributed by atoms with Crippen LogP contribution in [0.1, 0.15) is 39.0 Å². The first-order valence-corrected chi connectivity index (χ1v) is 6.29. The maximum absolute atomic E-state index is 9.40. The van der Waals surface area contributed by atoms with Gasteiger partial charge in [-0.1, -0.05) is 25.8 Å². The van der Waals surface area contributed by atoms with Crippen molar-refractivity contribution in [2.45, 2.75) is 45.1 Å². The van der Waals surface area contributed by atoms with Crippen molar-refractivity contribution in [2.75, 3.05) is 5.32 Å². The lowest BCUT2D eigenvalue weighted by Crippen LogP contribution is -2.18. The van der Waals surface area contributed by atoms with Gasteiger partial charge in [-0.05, 0) is 37.3 Å². The first-order valence-electron chi connectivity index (χ1n) is 6.29. The van der Waals surface area contributed by atoms with Gasteiger partial charge in [-0.25, -0.2) is 0 Å². The number of anilines is 1. The first kappa shape index (κ1) is 11.3. The fourth-order valence-corrected chi connectivity index (χ4v) is 2.46. The summed E-state index contributed by atoms with van der Waals surface area (Å²) in [4.78, 5) is 0. The van der Waals surface area contributed by atoms with Crippen molar-refractivity contribution in [3.63, 3.8) is 0 Å². The first-order chi connectivity index (χ1) is 7.74. The Morgan fingerprint density at radius 3 is 2.88 bits per heavy atom. The summed E-state index contributed by atoms with van der Waals surface area (Å²) >= 11 is 0. The number of hydrogen-bond donors (Lipinski definition) is 2. The van der Waals surface area contributed by atoms with Gasteiger partial charge >= 0.3 is 0 Å². The molecule has 0 spiro atoms. The predicted octanol–water partition coefficient (Wildman–Crippen LogP) is 3.77. The van der Waals surface area contributed by atoms with Crippen LogP contribution < -0.4 is 5.32 Å². The van der Waals surface area contributed by atoms with E-state index in [-0.39, 0.29) is 0 Å². The van der Waals surface area contributed by atoms with Crippen molar-refractivity contribution in [3.8, 4) is 5.75 Å². The molecule has 1 saturated carbocycles. The summed E-state index contributed by atoms with van der Waals surface area (Å²) in [6, 6.07) is 7.99. The summed E-state index contributed by atoms with van der Waals surface area (Å²) in [6.45, 7) is 2.34. The van der Waals surface area contributed by atoms with Crippen molar-refractivity contribution in [3.05, 3.63) is 24.3 Å². The molecule has 0 saturated heterocycles. The van der Waals surface area contributed by atoms with Gasteiger partial charge in [-0.15, -0.1) is 0 Å². The second-order valence-corrected chi connectivity index (χ2v) is 5.01. The molecule has 0 bridgehead atoms. The van der Waals surface area contributed by atoms with Gasteiger partial charge in [0.15, 0.2) is 0 Å². The Labute approximate surface area is 97.7 Å². The minimum absolute atomic E-state index is 0.340. The fraction of sp³-hybridized carbons (Fsp3) is 0.571. The van der Waals surface area contributed by atoms with E-state index < -0.39 is 0 Å². The highest BCUT2D eigenvalue weighted by Crippen LogP contribution is 2.25. The number of hydrogen-bond acceptors (Lipinski definition) is 2. The smallest absolute Gasteiger partial charge is 0.117 e. The molecule has 2 heteroatoms. The van der Waals surface area contributed by atoms with E-state index in [2.05, 4.69) is 12.2 Å². The lowest BCUT2D eigenvalue weighted by atomic mass is 10.0. The molecule has 2 N–H and O–H groups in total. The largest absolute Gasteiger partial charge is 0.508 e. The summed E-state index contributed by atoms with van der Waals surface area (Å²) in [5.74, 6) is 1.21. The Morgan fingerprint density at radius 2 is 2.06 bits per heavy atom. The van der Waals surface area contributed by atoms with Crippen LogP contribution in [-0.4, -0.2) is 11.1 Å². The minimum atomic E-state index is 0.340. The molecular formula is C14H21NO. The maximum Gasteiger partial charge on any atom is 0.117 e. The van der Waals surface area contributed by atoms with Crippen LogP contribution in [-0.2, 0) is 0 Å². The molecule has 0 aliphatic heterocycles. The topological polar surface area (TPSA) is 32.3 Å². The number of rotatable bonds is 2. The third-order valence-electron chi connectivity index (χ3n) is 3.47. The molecule has 2 rings (SSSR count). The van der Waals surface area contributed by atoms with Crippen LogP contribution in [0.25, 0.3) is 0 Å². The van der Waals surface area contributed by atoms with Gasteiger partial charge in [0.2, 0.25) is 0 Å². The van der Waals surface area contributed by atoms with E-state index in [9.17, 15) is 5.11 Å². The number of aromatic hydroxyl groups is 1. The molecule has 88 valence electrons. The molecule has 0 aromatic heterocycles. The molecule has 0 amide bonds. The van der Waals surface area contributed by atoms with E-state index in [1.165, 1.54) is 32.1 Å². The Balaban J connectivity index is 1.93. The molecular weight excluding hydrogens is 198 g/mol. The number of nitrogens with one attached hydrogen (secondary N) is 1. The van der Waals surface area contributed by atoms with Crippen LogP contribution in [0.3, 0.4) is 0 Å². The number of phenolic OH excluding ortho intramolecular Hbond substituents is 1. The van der Waals surface area contributed by atoms with Crippen molar-refractivity contribution in [1.29, 1.82) is 0 Å². The van der Waals surface area contributed by atoms with Crippen LogP contribution >= 0.6 is 0 Å². The van der Waals surface area contributed by atoms with Gasteiger partial charge in [0, 0.05) is 17.8 Å². The highest BCUT2D eigenvalue weighted by Gasteiger charge is 2.15. The molecule has 1 aromatic rings. The van der Waals surface area contributed by atoms with E-state index in [1.54, 1.807) is 12.1 Å². The van der Waals surface area contributed by atoms with E-state index in [0.717, 1.165) is 11.6 Å². The Bertz CT molecular complexity index is 337. The SMILES string of the molecule is CC1CCCC(Nc2cccc(O)c2)CC1. The zero-order chi connectivity index (χ0) is 11.4. The molecule has 2 unspecified atom stereocenters. The van der Waals surface area contributed by atoms with Crippen LogP contribution in [0.4, 0.5) is 5.69 Å². The van der Waals surface area contributed by atoms with Gasteiger partial charge in [-0.2, -0.15) is 0 Å². The van der Waals surface area contributed by atoms with E-state index in [0.29, 0.717) is 11.8 Å².